The van der Waals surface area contributed by atoms with Crippen LogP contribution < -0.4 is 5.32 Å². The van der Waals surface area contributed by atoms with Gasteiger partial charge in [0.05, 0.1) is 6.26 Å². The zero-order valence-corrected chi connectivity index (χ0v) is 13.8. The topological polar surface area (TPSA) is 52.6 Å². The van der Waals surface area contributed by atoms with E-state index in [0.717, 1.165) is 39.0 Å². The first-order chi connectivity index (χ1) is 9.41. The maximum atomic E-state index is 11.7. The second-order valence-electron chi connectivity index (χ2n) is 6.34. The Balaban J connectivity index is 1.83. The summed E-state index contributed by atoms with van der Waals surface area (Å²) in [7, 11) is -3.05. The van der Waals surface area contributed by atoms with Crippen LogP contribution in [-0.2, 0) is 10.0 Å². The molecule has 2 fully saturated rings. The van der Waals surface area contributed by atoms with Crippen molar-refractivity contribution in [2.24, 2.45) is 5.92 Å². The molecule has 1 N–H and O–H groups in total. The van der Waals surface area contributed by atoms with Crippen LogP contribution in [0.1, 0.15) is 33.1 Å². The van der Waals surface area contributed by atoms with Crippen LogP contribution in [0.5, 0.6) is 0 Å². The lowest BCUT2D eigenvalue weighted by molar-refractivity contribution is 0.150. The highest BCUT2D eigenvalue weighted by molar-refractivity contribution is 7.88. The van der Waals surface area contributed by atoms with Crippen LogP contribution in [0.25, 0.3) is 0 Å². The highest BCUT2D eigenvalue weighted by Crippen LogP contribution is 2.21. The van der Waals surface area contributed by atoms with Gasteiger partial charge in [-0.1, -0.05) is 13.8 Å². The third kappa shape index (κ3) is 3.93. The Bertz CT molecular complexity index is 413. The Labute approximate surface area is 123 Å². The van der Waals surface area contributed by atoms with Gasteiger partial charge in [0, 0.05) is 31.7 Å². The highest BCUT2D eigenvalue weighted by Gasteiger charge is 2.32. The molecule has 0 bridgehead atoms. The normalized spacial score (nSPS) is 33.6. The lowest BCUT2D eigenvalue weighted by atomic mass is 9.93. The van der Waals surface area contributed by atoms with Crippen LogP contribution in [0.3, 0.4) is 0 Å². The maximum Gasteiger partial charge on any atom is 0.211 e. The third-order valence-corrected chi connectivity index (χ3v) is 6.13. The molecule has 0 unspecified atom stereocenters. The van der Waals surface area contributed by atoms with Gasteiger partial charge in [-0.05, 0) is 38.3 Å². The number of likely N-dealkylation sites (tertiary alicyclic amines) is 1. The van der Waals surface area contributed by atoms with Crippen LogP contribution in [0.2, 0.25) is 0 Å². The van der Waals surface area contributed by atoms with Crippen molar-refractivity contribution in [3.05, 3.63) is 0 Å². The van der Waals surface area contributed by atoms with Crippen molar-refractivity contribution in [1.82, 2.24) is 14.5 Å². The number of hydrogen-bond acceptors (Lipinski definition) is 4. The predicted octanol–water partition coefficient (Wildman–Crippen LogP) is 0.730. The average Bonchev–Trinajstić information content (AvgIpc) is 2.85. The average molecular weight is 303 g/mol. The fourth-order valence-corrected chi connectivity index (χ4v) is 4.74. The van der Waals surface area contributed by atoms with Gasteiger partial charge in [0.2, 0.25) is 10.0 Å². The van der Waals surface area contributed by atoms with Gasteiger partial charge in [0.25, 0.3) is 0 Å². The van der Waals surface area contributed by atoms with E-state index in [-0.39, 0.29) is 6.04 Å². The molecule has 20 heavy (non-hydrogen) atoms. The minimum absolute atomic E-state index is 0.154. The van der Waals surface area contributed by atoms with Crippen molar-refractivity contribution in [2.75, 3.05) is 39.0 Å². The molecule has 0 amide bonds. The van der Waals surface area contributed by atoms with E-state index < -0.39 is 10.0 Å². The summed E-state index contributed by atoms with van der Waals surface area (Å²) >= 11 is 0. The number of hydrogen-bond donors (Lipinski definition) is 1. The van der Waals surface area contributed by atoms with Crippen LogP contribution in [0.15, 0.2) is 0 Å². The Kier molecular flexibility index (Phi) is 5.45. The first-order valence-corrected chi connectivity index (χ1v) is 9.69. The number of piperidine rings is 1. The van der Waals surface area contributed by atoms with E-state index in [1.165, 1.54) is 12.7 Å². The van der Waals surface area contributed by atoms with Crippen LogP contribution in [0.4, 0.5) is 0 Å². The van der Waals surface area contributed by atoms with Crippen molar-refractivity contribution >= 4 is 10.0 Å². The molecule has 2 aliphatic heterocycles. The van der Waals surface area contributed by atoms with E-state index in [2.05, 4.69) is 24.1 Å². The van der Waals surface area contributed by atoms with Crippen LogP contribution >= 0.6 is 0 Å². The molecule has 0 aliphatic carbocycles. The summed E-state index contributed by atoms with van der Waals surface area (Å²) in [5.74, 6) is 0.636. The highest BCUT2D eigenvalue weighted by atomic mass is 32.2. The van der Waals surface area contributed by atoms with Gasteiger partial charge in [-0.15, -0.1) is 0 Å². The minimum Gasteiger partial charge on any atom is -0.312 e. The fourth-order valence-electron chi connectivity index (χ4n) is 3.56. The quantitative estimate of drug-likeness (QED) is 0.813. The van der Waals surface area contributed by atoms with E-state index in [9.17, 15) is 8.42 Å². The molecule has 0 saturated carbocycles. The predicted molar refractivity (Wildman–Crippen MR) is 82.3 cm³/mol. The van der Waals surface area contributed by atoms with Gasteiger partial charge in [-0.2, -0.15) is 4.31 Å². The molecule has 2 rings (SSSR count). The molecule has 3 atom stereocenters. The molecule has 5 nitrogen and oxygen atoms in total. The zero-order valence-electron chi connectivity index (χ0n) is 13.0. The largest absolute Gasteiger partial charge is 0.312 e. The summed E-state index contributed by atoms with van der Waals surface area (Å²) in [6.45, 7) is 9.42. The number of rotatable bonds is 5. The van der Waals surface area contributed by atoms with Crippen LogP contribution in [0, 0.1) is 5.92 Å². The molecule has 0 aromatic heterocycles. The zero-order chi connectivity index (χ0) is 14.8. The van der Waals surface area contributed by atoms with Gasteiger partial charge in [-0.3, -0.25) is 0 Å². The van der Waals surface area contributed by atoms with E-state index in [0.29, 0.717) is 18.5 Å². The fraction of sp³-hybridized carbons (Fsp3) is 1.00. The Morgan fingerprint density at radius 1 is 1.25 bits per heavy atom. The first-order valence-electron chi connectivity index (χ1n) is 7.84. The first kappa shape index (κ1) is 16.2. The summed E-state index contributed by atoms with van der Waals surface area (Å²) in [5.41, 5.74) is 0. The maximum absolute atomic E-state index is 11.7. The van der Waals surface area contributed by atoms with Crippen molar-refractivity contribution in [3.63, 3.8) is 0 Å². The second-order valence-corrected chi connectivity index (χ2v) is 8.28. The molecule has 0 radical (unpaired) electrons. The molecular weight excluding hydrogens is 274 g/mol. The van der Waals surface area contributed by atoms with Crippen molar-refractivity contribution in [1.29, 1.82) is 0 Å². The van der Waals surface area contributed by atoms with Crippen molar-refractivity contribution in [3.8, 4) is 0 Å². The summed E-state index contributed by atoms with van der Waals surface area (Å²) < 4.78 is 25.1. The molecule has 2 saturated heterocycles. The van der Waals surface area contributed by atoms with E-state index in [1.807, 2.05) is 0 Å². The smallest absolute Gasteiger partial charge is 0.211 e. The summed E-state index contributed by atoms with van der Waals surface area (Å²) in [5, 5.41) is 3.63. The van der Waals surface area contributed by atoms with Gasteiger partial charge in [0.1, 0.15) is 0 Å². The SMILES string of the molecule is CCN1CC[C@@H](NC[C@H]2CCCN2S(C)(=O)=O)[C@H](C)C1. The lowest BCUT2D eigenvalue weighted by Crippen LogP contribution is -2.51. The molecule has 2 heterocycles. The van der Waals surface area contributed by atoms with E-state index in [4.69, 9.17) is 0 Å². The number of sulfonamides is 1. The lowest BCUT2D eigenvalue weighted by Gasteiger charge is -2.37. The van der Waals surface area contributed by atoms with Gasteiger partial charge >= 0.3 is 0 Å². The molecule has 6 heteroatoms. The Morgan fingerprint density at radius 3 is 2.60 bits per heavy atom. The number of nitrogens with one attached hydrogen (secondary N) is 1. The van der Waals surface area contributed by atoms with Crippen molar-refractivity contribution in [2.45, 2.75) is 45.2 Å². The van der Waals surface area contributed by atoms with Crippen LogP contribution in [-0.4, -0.2) is 68.7 Å². The van der Waals surface area contributed by atoms with E-state index in [1.54, 1.807) is 4.31 Å². The minimum atomic E-state index is -3.05. The second kappa shape index (κ2) is 6.73. The van der Waals surface area contributed by atoms with Gasteiger partial charge in [-0.25, -0.2) is 8.42 Å². The summed E-state index contributed by atoms with van der Waals surface area (Å²) in [6, 6.07) is 0.682. The molecular formula is C14H29N3O2S. The molecule has 118 valence electrons. The van der Waals surface area contributed by atoms with E-state index >= 15 is 0 Å². The molecule has 2 aliphatic rings. The Hall–Kier alpha value is -0.170. The molecule has 0 spiro atoms. The molecule has 0 aromatic rings. The number of nitrogens with zero attached hydrogens (tertiary/aromatic N) is 2. The standard InChI is InChI=1S/C14H29N3O2S/c1-4-16-9-7-14(12(2)11-16)15-10-13-6-5-8-17(13)20(3,18)19/h12-15H,4-11H2,1-3H3/t12-,13-,14-/m1/s1. The molecule has 0 aromatic carbocycles. The van der Waals surface area contributed by atoms with Gasteiger partial charge < -0.3 is 10.2 Å². The summed E-state index contributed by atoms with van der Waals surface area (Å²) in [6.07, 6.45) is 4.47. The third-order valence-electron chi connectivity index (χ3n) is 4.80. The Morgan fingerprint density at radius 2 is 2.00 bits per heavy atom. The van der Waals surface area contributed by atoms with Gasteiger partial charge in [0.15, 0.2) is 0 Å². The summed E-state index contributed by atoms with van der Waals surface area (Å²) in [4.78, 5) is 2.49. The van der Waals surface area contributed by atoms with Crippen molar-refractivity contribution < 1.29 is 8.42 Å². The monoisotopic (exact) mass is 303 g/mol.